The van der Waals surface area contributed by atoms with Crippen LogP contribution in [0.1, 0.15) is 0 Å². The molecule has 0 bridgehead atoms. The van der Waals surface area contributed by atoms with Gasteiger partial charge < -0.3 is 10.1 Å². The highest BCUT2D eigenvalue weighted by atomic mass is 35.5. The number of anilines is 1. The minimum Gasteiger partial charge on any atom is -0.482 e. The highest BCUT2D eigenvalue weighted by Gasteiger charge is 2.09. The van der Waals surface area contributed by atoms with Crippen molar-refractivity contribution >= 4 is 40.6 Å². The minimum absolute atomic E-state index is 0.177. The van der Waals surface area contributed by atoms with Crippen molar-refractivity contribution in [2.24, 2.45) is 0 Å². The Morgan fingerprint density at radius 2 is 2.04 bits per heavy atom. The molecule has 0 aliphatic rings. The highest BCUT2D eigenvalue weighted by molar-refractivity contribution is 6.35. The molecule has 140 valence electrons. The number of halogens is 2. The van der Waals surface area contributed by atoms with Crippen molar-refractivity contribution in [1.82, 2.24) is 14.4 Å². The van der Waals surface area contributed by atoms with E-state index in [4.69, 9.17) is 27.9 Å². The minimum atomic E-state index is -0.306. The maximum absolute atomic E-state index is 12.2. The molecular formula is C20H14Cl2N4O2. The van der Waals surface area contributed by atoms with Gasteiger partial charge in [-0.2, -0.15) is 0 Å². The van der Waals surface area contributed by atoms with Gasteiger partial charge in [0.25, 0.3) is 5.91 Å². The molecule has 0 radical (unpaired) electrons. The monoisotopic (exact) mass is 412 g/mol. The normalized spacial score (nSPS) is 10.8. The lowest BCUT2D eigenvalue weighted by Crippen LogP contribution is -2.20. The van der Waals surface area contributed by atoms with Crippen LogP contribution in [0.15, 0.2) is 67.1 Å². The standard InChI is InChI=1S/C20H14Cl2N4O2/c21-14-5-6-18(16(22)10-14)28-12-19(27)24-15-4-1-3-13(9-15)17-11-26-8-2-7-23-20(26)25-17/h1-11H,12H2,(H,24,27). The van der Waals surface area contributed by atoms with Crippen LogP contribution in [0.2, 0.25) is 10.0 Å². The molecule has 0 unspecified atom stereocenters. The molecule has 0 saturated heterocycles. The van der Waals surface area contributed by atoms with Crippen LogP contribution in [0.5, 0.6) is 5.75 Å². The van der Waals surface area contributed by atoms with Crippen molar-refractivity contribution in [1.29, 1.82) is 0 Å². The van der Waals surface area contributed by atoms with E-state index in [0.717, 1.165) is 11.3 Å². The zero-order chi connectivity index (χ0) is 19.5. The largest absolute Gasteiger partial charge is 0.482 e. The Bertz CT molecular complexity index is 1130. The number of benzene rings is 2. The van der Waals surface area contributed by atoms with E-state index in [1.54, 1.807) is 30.5 Å². The Morgan fingerprint density at radius 3 is 2.86 bits per heavy atom. The topological polar surface area (TPSA) is 68.5 Å². The molecule has 2 heterocycles. The molecule has 4 rings (SSSR count). The van der Waals surface area contributed by atoms with Crippen LogP contribution < -0.4 is 10.1 Å². The number of nitrogens with one attached hydrogen (secondary N) is 1. The first-order valence-corrected chi connectivity index (χ1v) is 9.12. The summed E-state index contributed by atoms with van der Waals surface area (Å²) in [6, 6.07) is 14.1. The van der Waals surface area contributed by atoms with E-state index in [1.165, 1.54) is 0 Å². The Morgan fingerprint density at radius 1 is 1.14 bits per heavy atom. The first kappa shape index (κ1) is 18.3. The van der Waals surface area contributed by atoms with Crippen molar-refractivity contribution in [2.75, 3.05) is 11.9 Å². The fourth-order valence-electron chi connectivity index (χ4n) is 2.66. The summed E-state index contributed by atoms with van der Waals surface area (Å²) in [4.78, 5) is 20.9. The molecule has 28 heavy (non-hydrogen) atoms. The number of fused-ring (bicyclic) bond motifs is 1. The van der Waals surface area contributed by atoms with Crippen molar-refractivity contribution in [3.8, 4) is 17.0 Å². The molecule has 0 atom stereocenters. The number of ether oxygens (including phenoxy) is 1. The predicted molar refractivity (Wildman–Crippen MR) is 109 cm³/mol. The van der Waals surface area contributed by atoms with Crippen LogP contribution in [0.25, 0.3) is 17.0 Å². The second-order valence-electron chi connectivity index (χ2n) is 5.95. The van der Waals surface area contributed by atoms with Crippen molar-refractivity contribution < 1.29 is 9.53 Å². The van der Waals surface area contributed by atoms with Crippen molar-refractivity contribution in [3.05, 3.63) is 77.2 Å². The van der Waals surface area contributed by atoms with Gasteiger partial charge in [0.1, 0.15) is 5.75 Å². The quantitative estimate of drug-likeness (QED) is 0.514. The molecular weight excluding hydrogens is 399 g/mol. The smallest absolute Gasteiger partial charge is 0.262 e. The van der Waals surface area contributed by atoms with E-state index in [9.17, 15) is 4.79 Å². The van der Waals surface area contributed by atoms with Crippen molar-refractivity contribution in [3.63, 3.8) is 0 Å². The van der Waals surface area contributed by atoms with Crippen LogP contribution in [0, 0.1) is 0 Å². The summed E-state index contributed by atoms with van der Waals surface area (Å²) in [7, 11) is 0. The van der Waals surface area contributed by atoms with Gasteiger partial charge in [-0.05, 0) is 36.4 Å². The van der Waals surface area contributed by atoms with Gasteiger partial charge in [0.2, 0.25) is 5.78 Å². The van der Waals surface area contributed by atoms with Gasteiger partial charge in [-0.15, -0.1) is 0 Å². The average Bonchev–Trinajstić information content (AvgIpc) is 3.12. The van der Waals surface area contributed by atoms with E-state index in [0.29, 0.717) is 27.3 Å². The fourth-order valence-corrected chi connectivity index (χ4v) is 3.12. The Balaban J connectivity index is 1.44. The second kappa shape index (κ2) is 7.88. The number of carbonyl (C=O) groups is 1. The summed E-state index contributed by atoms with van der Waals surface area (Å²) in [6.45, 7) is -0.177. The Hall–Kier alpha value is -3.09. The summed E-state index contributed by atoms with van der Waals surface area (Å²) in [6.07, 6.45) is 5.45. The molecule has 0 aliphatic heterocycles. The molecule has 2 aromatic heterocycles. The Kier molecular flexibility index (Phi) is 5.14. The first-order valence-electron chi connectivity index (χ1n) is 8.36. The Labute approximate surface area is 170 Å². The number of aromatic nitrogens is 3. The van der Waals surface area contributed by atoms with E-state index in [1.807, 2.05) is 41.1 Å². The number of hydrogen-bond acceptors (Lipinski definition) is 4. The number of carbonyl (C=O) groups excluding carboxylic acids is 1. The highest BCUT2D eigenvalue weighted by Crippen LogP contribution is 2.27. The van der Waals surface area contributed by atoms with Crippen LogP contribution >= 0.6 is 23.2 Å². The number of nitrogens with zero attached hydrogens (tertiary/aromatic N) is 3. The third-order valence-corrected chi connectivity index (χ3v) is 4.46. The molecule has 0 spiro atoms. The van der Waals surface area contributed by atoms with Gasteiger partial charge in [-0.3, -0.25) is 9.20 Å². The van der Waals surface area contributed by atoms with Crippen LogP contribution in [0.4, 0.5) is 5.69 Å². The maximum Gasteiger partial charge on any atom is 0.262 e. The summed E-state index contributed by atoms with van der Waals surface area (Å²) < 4.78 is 7.29. The SMILES string of the molecule is O=C(COc1ccc(Cl)cc1Cl)Nc1cccc(-c2cn3cccnc3n2)c1. The molecule has 4 aromatic rings. The number of rotatable bonds is 5. The zero-order valence-electron chi connectivity index (χ0n) is 14.5. The van der Waals surface area contributed by atoms with Crippen LogP contribution in [-0.4, -0.2) is 26.9 Å². The first-order chi connectivity index (χ1) is 13.6. The third kappa shape index (κ3) is 4.08. The van der Waals surface area contributed by atoms with Gasteiger partial charge in [-0.25, -0.2) is 9.97 Å². The van der Waals surface area contributed by atoms with Crippen LogP contribution in [-0.2, 0) is 4.79 Å². The van der Waals surface area contributed by atoms with Gasteiger partial charge >= 0.3 is 0 Å². The third-order valence-electron chi connectivity index (χ3n) is 3.93. The summed E-state index contributed by atoms with van der Waals surface area (Å²) in [5, 5.41) is 3.65. The summed E-state index contributed by atoms with van der Waals surface area (Å²) in [5.74, 6) is 0.701. The van der Waals surface area contributed by atoms with Gasteiger partial charge in [0, 0.05) is 34.9 Å². The average molecular weight is 413 g/mol. The lowest BCUT2D eigenvalue weighted by atomic mass is 10.1. The zero-order valence-corrected chi connectivity index (χ0v) is 16.0. The van der Waals surface area contributed by atoms with E-state index < -0.39 is 0 Å². The second-order valence-corrected chi connectivity index (χ2v) is 6.79. The lowest BCUT2D eigenvalue weighted by Gasteiger charge is -2.09. The fraction of sp³-hybridized carbons (Fsp3) is 0.0500. The number of imidazole rings is 1. The molecule has 1 amide bonds. The number of hydrogen-bond donors (Lipinski definition) is 1. The summed E-state index contributed by atoms with van der Waals surface area (Å²) in [5.41, 5.74) is 2.27. The lowest BCUT2D eigenvalue weighted by molar-refractivity contribution is -0.118. The molecule has 8 heteroatoms. The molecule has 0 saturated carbocycles. The van der Waals surface area contributed by atoms with Gasteiger partial charge in [0.05, 0.1) is 10.7 Å². The summed E-state index contributed by atoms with van der Waals surface area (Å²) >= 11 is 11.9. The van der Waals surface area contributed by atoms with E-state index >= 15 is 0 Å². The van der Waals surface area contributed by atoms with Gasteiger partial charge in [0.15, 0.2) is 6.61 Å². The molecule has 6 nitrogen and oxygen atoms in total. The van der Waals surface area contributed by atoms with Crippen LogP contribution in [0.3, 0.4) is 0 Å². The molecule has 2 aromatic carbocycles. The van der Waals surface area contributed by atoms with Crippen molar-refractivity contribution in [2.45, 2.75) is 0 Å². The molecule has 1 N–H and O–H groups in total. The van der Waals surface area contributed by atoms with E-state index in [-0.39, 0.29) is 12.5 Å². The molecule has 0 aliphatic carbocycles. The van der Waals surface area contributed by atoms with Gasteiger partial charge in [-0.1, -0.05) is 35.3 Å². The van der Waals surface area contributed by atoms with E-state index in [2.05, 4.69) is 15.3 Å². The maximum atomic E-state index is 12.2. The molecule has 0 fully saturated rings. The predicted octanol–water partition coefficient (Wildman–Crippen LogP) is 4.72. The number of amides is 1.